The van der Waals surface area contributed by atoms with Crippen LogP contribution >= 0.6 is 0 Å². The van der Waals surface area contributed by atoms with E-state index in [4.69, 9.17) is 4.74 Å². The lowest BCUT2D eigenvalue weighted by molar-refractivity contribution is -0.599. The number of sulfonamides is 1. The van der Waals surface area contributed by atoms with E-state index >= 15 is 0 Å². The monoisotopic (exact) mass is 486 g/mol. The van der Waals surface area contributed by atoms with Gasteiger partial charge in [0.2, 0.25) is 15.9 Å². The second-order valence-corrected chi connectivity index (χ2v) is 9.70. The Labute approximate surface area is 198 Å². The van der Waals surface area contributed by atoms with Crippen LogP contribution in [0.3, 0.4) is 0 Å². The Morgan fingerprint density at radius 1 is 1.26 bits per heavy atom. The molecule has 0 radical (unpaired) electrons. The van der Waals surface area contributed by atoms with Crippen LogP contribution in [-0.4, -0.2) is 40.0 Å². The summed E-state index contributed by atoms with van der Waals surface area (Å²) in [7, 11) is -3.84. The van der Waals surface area contributed by atoms with E-state index in [1.54, 1.807) is 42.2 Å². The highest BCUT2D eigenvalue weighted by atomic mass is 32.2. The lowest BCUT2D eigenvalue weighted by Gasteiger charge is -2.30. The average Bonchev–Trinajstić information content (AvgIpc) is 2.81. The molecule has 1 aromatic carbocycles. The van der Waals surface area contributed by atoms with E-state index in [2.05, 4.69) is 4.72 Å². The Balaban J connectivity index is 1.70. The highest BCUT2D eigenvalue weighted by molar-refractivity contribution is 7.89. The van der Waals surface area contributed by atoms with E-state index < -0.39 is 27.8 Å². The molecule has 0 unspecified atom stereocenters. The molecule has 3 rings (SSSR count). The summed E-state index contributed by atoms with van der Waals surface area (Å²) in [5.41, 5.74) is 0.731. The Morgan fingerprint density at radius 3 is 2.50 bits per heavy atom. The Kier molecular flexibility index (Phi) is 7.73. The second kappa shape index (κ2) is 10.5. The Bertz CT molecular complexity index is 1220. The van der Waals surface area contributed by atoms with Gasteiger partial charge in [-0.2, -0.15) is 5.26 Å². The van der Waals surface area contributed by atoms with Crippen LogP contribution in [0.25, 0.3) is 0 Å². The van der Waals surface area contributed by atoms with Gasteiger partial charge < -0.3 is 9.94 Å². The average molecular weight is 487 g/mol. The molecule has 0 aliphatic carbocycles. The number of hydrogen-bond acceptors (Lipinski definition) is 8. The van der Waals surface area contributed by atoms with E-state index in [1.165, 1.54) is 13.0 Å². The fraction of sp³-hybridized carbons (Fsp3) is 0.391. The molecular formula is C23H26N4O6S. The first-order valence-electron chi connectivity index (χ1n) is 10.8. The molecule has 2 heterocycles. The third kappa shape index (κ3) is 5.63. The number of benzene rings is 1. The van der Waals surface area contributed by atoms with Gasteiger partial charge in [-0.05, 0) is 38.3 Å². The van der Waals surface area contributed by atoms with Crippen LogP contribution in [0.15, 0.2) is 36.4 Å². The number of ether oxygens (including phenoxy) is 1. The van der Waals surface area contributed by atoms with Crippen molar-refractivity contribution in [2.45, 2.75) is 32.4 Å². The molecule has 0 spiro atoms. The first-order chi connectivity index (χ1) is 16.2. The van der Waals surface area contributed by atoms with Gasteiger partial charge >= 0.3 is 5.97 Å². The summed E-state index contributed by atoms with van der Waals surface area (Å²) in [5.74, 6) is -2.01. The number of aromatic nitrogens is 1. The van der Waals surface area contributed by atoms with E-state index in [-0.39, 0.29) is 48.1 Å². The quantitative estimate of drug-likeness (QED) is 0.353. The zero-order valence-electron chi connectivity index (χ0n) is 19.0. The minimum atomic E-state index is -3.84. The molecule has 34 heavy (non-hydrogen) atoms. The van der Waals surface area contributed by atoms with E-state index in [1.807, 2.05) is 6.07 Å². The Morgan fingerprint density at radius 2 is 1.91 bits per heavy atom. The third-order valence-corrected chi connectivity index (χ3v) is 6.88. The highest BCUT2D eigenvalue weighted by Crippen LogP contribution is 2.26. The number of hydrogen-bond donors (Lipinski definition) is 1. The van der Waals surface area contributed by atoms with E-state index in [0.29, 0.717) is 23.1 Å². The summed E-state index contributed by atoms with van der Waals surface area (Å²) in [6.07, 6.45) is 0.604. The molecule has 1 N–H and O–H groups in total. The maximum atomic E-state index is 12.9. The molecule has 10 nitrogen and oxygen atoms in total. The van der Waals surface area contributed by atoms with Crippen LogP contribution in [-0.2, 0) is 25.3 Å². The molecule has 1 aromatic heterocycles. The van der Waals surface area contributed by atoms with Crippen molar-refractivity contribution in [3.63, 3.8) is 0 Å². The van der Waals surface area contributed by atoms with Gasteiger partial charge in [-0.25, -0.2) is 17.9 Å². The molecule has 0 saturated carbocycles. The topological polar surface area (TPSA) is 144 Å². The number of carbonyl (C=O) groups excluding carboxylic acids is 2. The maximum absolute atomic E-state index is 12.9. The largest absolute Gasteiger partial charge is 0.710 e. The van der Waals surface area contributed by atoms with Gasteiger partial charge in [-0.3, -0.25) is 14.4 Å². The number of anilines is 1. The van der Waals surface area contributed by atoms with Gasteiger partial charge in [-0.15, -0.1) is 0 Å². The number of carbonyl (C=O) groups is 2. The standard InChI is InChI=1S/C23H26N4O6S/c1-3-33-23(29)20-13-19(14-24)22(27(30)16(20)2)26-11-9-18(10-12-26)21(28)25-34(31,32)15-17-7-5-4-6-8-17/h4-8,13,18H,3,9-12,15H2,1-2H3,(H,25,28). The summed E-state index contributed by atoms with van der Waals surface area (Å²) in [6.45, 7) is 3.79. The molecule has 11 heteroatoms. The third-order valence-electron chi connectivity index (χ3n) is 5.65. The van der Waals surface area contributed by atoms with Crippen LogP contribution in [0, 0.1) is 29.4 Å². The van der Waals surface area contributed by atoms with E-state index in [0.717, 1.165) is 0 Å². The predicted molar refractivity (Wildman–Crippen MR) is 123 cm³/mol. The summed E-state index contributed by atoms with van der Waals surface area (Å²) < 4.78 is 32.4. The number of nitriles is 1. The van der Waals surface area contributed by atoms with Crippen molar-refractivity contribution in [3.05, 3.63) is 64.0 Å². The maximum Gasteiger partial charge on any atom is 0.342 e. The fourth-order valence-electron chi connectivity index (χ4n) is 3.91. The molecule has 0 bridgehead atoms. The van der Waals surface area contributed by atoms with Gasteiger partial charge in [-0.1, -0.05) is 30.3 Å². The van der Waals surface area contributed by atoms with E-state index in [9.17, 15) is 28.5 Å². The summed E-state index contributed by atoms with van der Waals surface area (Å²) in [5, 5.41) is 22.5. The highest BCUT2D eigenvalue weighted by Gasteiger charge is 2.34. The van der Waals surface area contributed by atoms with Crippen molar-refractivity contribution in [2.75, 3.05) is 24.6 Å². The van der Waals surface area contributed by atoms with Crippen molar-refractivity contribution in [1.82, 2.24) is 4.72 Å². The van der Waals surface area contributed by atoms with Gasteiger partial charge in [0.15, 0.2) is 0 Å². The molecule has 2 aromatic rings. The van der Waals surface area contributed by atoms with Gasteiger partial charge in [0, 0.05) is 5.92 Å². The molecule has 1 fully saturated rings. The number of pyridine rings is 1. The lowest BCUT2D eigenvalue weighted by atomic mass is 9.96. The number of rotatable bonds is 7. The first kappa shape index (κ1) is 25.0. The van der Waals surface area contributed by atoms with Crippen LogP contribution < -0.4 is 14.4 Å². The normalized spacial score (nSPS) is 14.3. The summed E-state index contributed by atoms with van der Waals surface area (Å²) in [4.78, 5) is 26.4. The van der Waals surface area contributed by atoms with Crippen LogP contribution in [0.1, 0.15) is 46.9 Å². The van der Waals surface area contributed by atoms with Crippen molar-refractivity contribution in [2.24, 2.45) is 5.92 Å². The fourth-order valence-corrected chi connectivity index (χ4v) is 5.08. The summed E-state index contributed by atoms with van der Waals surface area (Å²) in [6, 6.07) is 11.9. The lowest BCUT2D eigenvalue weighted by Crippen LogP contribution is -2.48. The number of nitrogens with zero attached hydrogens (tertiary/aromatic N) is 3. The molecule has 0 atom stereocenters. The first-order valence-corrected chi connectivity index (χ1v) is 12.5. The molecule has 1 aliphatic heterocycles. The minimum absolute atomic E-state index is 0.0232. The van der Waals surface area contributed by atoms with Gasteiger partial charge in [0.05, 0.1) is 25.4 Å². The molecule has 1 saturated heterocycles. The minimum Gasteiger partial charge on any atom is -0.710 e. The molecule has 1 aliphatic rings. The molecular weight excluding hydrogens is 460 g/mol. The van der Waals surface area contributed by atoms with Crippen molar-refractivity contribution in [1.29, 1.82) is 5.26 Å². The zero-order valence-corrected chi connectivity index (χ0v) is 19.8. The van der Waals surface area contributed by atoms with Crippen molar-refractivity contribution in [3.8, 4) is 6.07 Å². The second-order valence-electron chi connectivity index (χ2n) is 7.98. The number of esters is 1. The van der Waals surface area contributed by atoms with Crippen molar-refractivity contribution < 1.29 is 27.5 Å². The van der Waals surface area contributed by atoms with Gasteiger partial charge in [0.1, 0.15) is 22.9 Å². The van der Waals surface area contributed by atoms with Gasteiger partial charge in [0.25, 0.3) is 5.82 Å². The molecule has 180 valence electrons. The van der Waals surface area contributed by atoms with Crippen LogP contribution in [0.4, 0.5) is 5.82 Å². The molecule has 1 amide bonds. The van der Waals surface area contributed by atoms with Crippen molar-refractivity contribution >= 4 is 27.7 Å². The predicted octanol–water partition coefficient (Wildman–Crippen LogP) is 1.54. The zero-order chi connectivity index (χ0) is 24.9. The SMILES string of the molecule is CCOC(=O)c1cc(C#N)c(N2CCC(C(=O)NS(=O)(=O)Cc3ccccc3)CC2)[n+]([O-])c1C. The summed E-state index contributed by atoms with van der Waals surface area (Å²) >= 11 is 0. The number of piperidine rings is 1. The number of amides is 1. The Hall–Kier alpha value is -3.65. The smallest absolute Gasteiger partial charge is 0.342 e. The number of nitrogens with one attached hydrogen (secondary N) is 1. The van der Waals surface area contributed by atoms with Crippen LogP contribution in [0.2, 0.25) is 0 Å². The van der Waals surface area contributed by atoms with Crippen LogP contribution in [0.5, 0.6) is 0 Å².